The maximum Gasteiger partial charge on any atom is 0.244 e. The average Bonchev–Trinajstić information content (AvgIpc) is 3.51. The molecular formula is C32H38BrN3O6S. The lowest BCUT2D eigenvalue weighted by Crippen LogP contribution is -2.54. The first kappa shape index (κ1) is 32.3. The van der Waals surface area contributed by atoms with Crippen LogP contribution in [-0.4, -0.2) is 64.2 Å². The van der Waals surface area contributed by atoms with Gasteiger partial charge < -0.3 is 19.7 Å². The zero-order valence-corrected chi connectivity index (χ0v) is 27.1. The van der Waals surface area contributed by atoms with Crippen LogP contribution in [0, 0.1) is 0 Å². The third-order valence-electron chi connectivity index (χ3n) is 7.57. The Kier molecular flexibility index (Phi) is 11.1. The summed E-state index contributed by atoms with van der Waals surface area (Å²) in [7, 11) is -1.03. The number of amides is 2. The molecule has 1 atom stereocenters. The molecule has 0 spiro atoms. The molecule has 43 heavy (non-hydrogen) atoms. The molecule has 230 valence electrons. The molecule has 0 radical (unpaired) electrons. The molecule has 3 aromatic rings. The number of sulfonamides is 1. The summed E-state index contributed by atoms with van der Waals surface area (Å²) in [6.45, 7) is -0.418. The highest BCUT2D eigenvalue weighted by Crippen LogP contribution is 2.34. The van der Waals surface area contributed by atoms with Gasteiger partial charge in [0, 0.05) is 29.5 Å². The van der Waals surface area contributed by atoms with Crippen molar-refractivity contribution < 1.29 is 27.5 Å². The van der Waals surface area contributed by atoms with Gasteiger partial charge in [-0.3, -0.25) is 13.9 Å². The van der Waals surface area contributed by atoms with Gasteiger partial charge in [-0.05, 0) is 48.2 Å². The van der Waals surface area contributed by atoms with E-state index in [1.165, 1.54) is 19.1 Å². The summed E-state index contributed by atoms with van der Waals surface area (Å²) in [5, 5.41) is 3.17. The first-order chi connectivity index (χ1) is 20.6. The lowest BCUT2D eigenvalue weighted by atomic mass is 10.0. The molecular weight excluding hydrogens is 634 g/mol. The van der Waals surface area contributed by atoms with Crippen molar-refractivity contribution in [3.05, 3.63) is 88.4 Å². The molecule has 3 aromatic carbocycles. The van der Waals surface area contributed by atoms with Gasteiger partial charge in [-0.25, -0.2) is 8.42 Å². The van der Waals surface area contributed by atoms with Crippen molar-refractivity contribution in [1.82, 2.24) is 10.2 Å². The molecule has 2 amide bonds. The number of anilines is 1. The largest absolute Gasteiger partial charge is 0.497 e. The Bertz CT molecular complexity index is 1500. The molecule has 1 aliphatic rings. The van der Waals surface area contributed by atoms with Gasteiger partial charge in [0.2, 0.25) is 21.8 Å². The Labute approximate surface area is 262 Å². The topological polar surface area (TPSA) is 105 Å². The minimum absolute atomic E-state index is 0.0477. The standard InChI is InChI=1S/C32H38BrN3O6S/c1-41-27-17-18-28(30(20-27)42-2)36(43(3,39)40)22-31(37)35(21-24-13-15-25(33)16-14-24)29(19-23-9-5-4-6-10-23)32(38)34-26-11-7-8-12-26/h4-6,9-10,13-18,20,26,29H,7-8,11-12,19,21-22H2,1-3H3,(H,34,38)/t29-/m1/s1. The highest BCUT2D eigenvalue weighted by molar-refractivity contribution is 9.10. The number of nitrogens with zero attached hydrogens (tertiary/aromatic N) is 2. The van der Waals surface area contributed by atoms with Crippen molar-refractivity contribution in [2.24, 2.45) is 0 Å². The summed E-state index contributed by atoms with van der Waals surface area (Å²) in [6, 6.07) is 20.9. The van der Waals surface area contributed by atoms with Crippen LogP contribution in [0.15, 0.2) is 77.3 Å². The van der Waals surface area contributed by atoms with Gasteiger partial charge in [0.1, 0.15) is 24.1 Å². The maximum absolute atomic E-state index is 14.3. The van der Waals surface area contributed by atoms with Crippen LogP contribution in [-0.2, 0) is 32.6 Å². The van der Waals surface area contributed by atoms with E-state index in [9.17, 15) is 18.0 Å². The number of nitrogens with one attached hydrogen (secondary N) is 1. The van der Waals surface area contributed by atoms with Crippen molar-refractivity contribution in [1.29, 1.82) is 0 Å². The lowest BCUT2D eigenvalue weighted by Gasteiger charge is -2.34. The third-order valence-corrected chi connectivity index (χ3v) is 9.23. The van der Waals surface area contributed by atoms with Crippen LogP contribution in [0.2, 0.25) is 0 Å². The van der Waals surface area contributed by atoms with Crippen LogP contribution in [0.5, 0.6) is 11.5 Å². The van der Waals surface area contributed by atoms with Gasteiger partial charge in [-0.15, -0.1) is 0 Å². The number of hydrogen-bond donors (Lipinski definition) is 1. The van der Waals surface area contributed by atoms with Crippen molar-refractivity contribution >= 4 is 43.5 Å². The Morgan fingerprint density at radius 1 is 0.953 bits per heavy atom. The smallest absolute Gasteiger partial charge is 0.244 e. The van der Waals surface area contributed by atoms with E-state index in [-0.39, 0.29) is 36.4 Å². The number of halogens is 1. The highest BCUT2D eigenvalue weighted by Gasteiger charge is 2.35. The summed E-state index contributed by atoms with van der Waals surface area (Å²) in [5.74, 6) is -0.0662. The van der Waals surface area contributed by atoms with Gasteiger partial charge in [-0.2, -0.15) is 0 Å². The van der Waals surface area contributed by atoms with Gasteiger partial charge in [0.05, 0.1) is 26.2 Å². The van der Waals surface area contributed by atoms with Gasteiger partial charge in [-0.1, -0.05) is 71.2 Å². The molecule has 0 aromatic heterocycles. The van der Waals surface area contributed by atoms with Crippen molar-refractivity contribution in [2.45, 2.75) is 50.7 Å². The predicted octanol–water partition coefficient (Wildman–Crippen LogP) is 4.93. The number of rotatable bonds is 13. The summed E-state index contributed by atoms with van der Waals surface area (Å²) in [4.78, 5) is 29.7. The molecule has 1 saturated carbocycles. The SMILES string of the molecule is COc1ccc(N(CC(=O)N(Cc2ccc(Br)cc2)[C@H](Cc2ccccc2)C(=O)NC2CCCC2)S(C)(=O)=O)c(OC)c1. The van der Waals surface area contributed by atoms with E-state index in [1.807, 2.05) is 54.6 Å². The first-order valence-electron chi connectivity index (χ1n) is 14.2. The molecule has 9 nitrogen and oxygen atoms in total. The van der Waals surface area contributed by atoms with Crippen LogP contribution >= 0.6 is 15.9 Å². The minimum atomic E-state index is -3.94. The van der Waals surface area contributed by atoms with Crippen LogP contribution in [0.3, 0.4) is 0 Å². The molecule has 1 fully saturated rings. The predicted molar refractivity (Wildman–Crippen MR) is 171 cm³/mol. The quantitative estimate of drug-likeness (QED) is 0.276. The van der Waals surface area contributed by atoms with E-state index in [4.69, 9.17) is 9.47 Å². The minimum Gasteiger partial charge on any atom is -0.497 e. The maximum atomic E-state index is 14.3. The number of benzene rings is 3. The zero-order valence-electron chi connectivity index (χ0n) is 24.7. The molecule has 0 unspecified atom stereocenters. The normalized spacial score (nSPS) is 14.1. The molecule has 4 rings (SSSR count). The fourth-order valence-corrected chi connectivity index (χ4v) is 6.41. The van der Waals surface area contributed by atoms with E-state index in [0.29, 0.717) is 5.75 Å². The number of ether oxygens (including phenoxy) is 2. The van der Waals surface area contributed by atoms with Crippen molar-refractivity contribution in [2.75, 3.05) is 31.3 Å². The van der Waals surface area contributed by atoms with Crippen LogP contribution < -0.4 is 19.1 Å². The molecule has 0 saturated heterocycles. The number of methoxy groups -OCH3 is 2. The van der Waals surface area contributed by atoms with Crippen LogP contribution in [0.1, 0.15) is 36.8 Å². The Morgan fingerprint density at radius 2 is 1.63 bits per heavy atom. The van der Waals surface area contributed by atoms with E-state index in [1.54, 1.807) is 18.2 Å². The average molecular weight is 673 g/mol. The number of hydrogen-bond acceptors (Lipinski definition) is 6. The summed E-state index contributed by atoms with van der Waals surface area (Å²) in [6.07, 6.45) is 5.18. The Hall–Kier alpha value is -3.57. The lowest BCUT2D eigenvalue weighted by molar-refractivity contribution is -0.140. The second-order valence-corrected chi connectivity index (χ2v) is 13.5. The van der Waals surface area contributed by atoms with Gasteiger partial charge in [0.25, 0.3) is 0 Å². The third kappa shape index (κ3) is 8.73. The number of carbonyl (C=O) groups excluding carboxylic acids is 2. The monoisotopic (exact) mass is 671 g/mol. The fraction of sp³-hybridized carbons (Fsp3) is 0.375. The summed E-state index contributed by atoms with van der Waals surface area (Å²) < 4.78 is 38.9. The Balaban J connectivity index is 1.74. The summed E-state index contributed by atoms with van der Waals surface area (Å²) >= 11 is 3.45. The van der Waals surface area contributed by atoms with Crippen LogP contribution in [0.4, 0.5) is 5.69 Å². The van der Waals surface area contributed by atoms with E-state index in [0.717, 1.165) is 51.8 Å². The molecule has 1 N–H and O–H groups in total. The summed E-state index contributed by atoms with van der Waals surface area (Å²) in [5.41, 5.74) is 1.88. The van der Waals surface area contributed by atoms with E-state index < -0.39 is 28.5 Å². The van der Waals surface area contributed by atoms with Crippen molar-refractivity contribution in [3.8, 4) is 11.5 Å². The molecule has 1 aliphatic carbocycles. The molecule has 0 heterocycles. The molecule has 0 aliphatic heterocycles. The molecule has 0 bridgehead atoms. The number of carbonyl (C=O) groups is 2. The zero-order chi connectivity index (χ0) is 31.0. The second-order valence-electron chi connectivity index (χ2n) is 10.7. The van der Waals surface area contributed by atoms with E-state index in [2.05, 4.69) is 21.2 Å². The fourth-order valence-electron chi connectivity index (χ4n) is 5.29. The van der Waals surface area contributed by atoms with Gasteiger partial charge in [0.15, 0.2) is 0 Å². The highest BCUT2D eigenvalue weighted by atomic mass is 79.9. The Morgan fingerprint density at radius 3 is 2.23 bits per heavy atom. The van der Waals surface area contributed by atoms with E-state index >= 15 is 0 Å². The molecule has 11 heteroatoms. The van der Waals surface area contributed by atoms with Crippen molar-refractivity contribution in [3.63, 3.8) is 0 Å². The second kappa shape index (κ2) is 14.7. The van der Waals surface area contributed by atoms with Crippen LogP contribution in [0.25, 0.3) is 0 Å². The first-order valence-corrected chi connectivity index (χ1v) is 16.8. The van der Waals surface area contributed by atoms with Gasteiger partial charge >= 0.3 is 0 Å².